The van der Waals surface area contributed by atoms with Crippen LogP contribution < -0.4 is 10.6 Å². The molecule has 0 bridgehead atoms. The quantitative estimate of drug-likeness (QED) is 0.630. The average Bonchev–Trinajstić information content (AvgIpc) is 2.45. The Morgan fingerprint density at radius 2 is 1.90 bits per heavy atom. The monoisotopic (exact) mass is 367 g/mol. The molecule has 1 heterocycles. The van der Waals surface area contributed by atoms with E-state index in [1.54, 1.807) is 30.3 Å². The summed E-state index contributed by atoms with van der Waals surface area (Å²) in [6.07, 6.45) is 1.49. The van der Waals surface area contributed by atoms with Gasteiger partial charge in [0.25, 0.3) is 0 Å². The van der Waals surface area contributed by atoms with Crippen LogP contribution in [-0.4, -0.2) is 16.8 Å². The minimum atomic E-state index is -0.814. The first-order valence-corrected chi connectivity index (χ1v) is 7.13. The van der Waals surface area contributed by atoms with Gasteiger partial charge in [0.15, 0.2) is 5.15 Å². The first-order valence-electron chi connectivity index (χ1n) is 5.96. The molecule has 0 unspecified atom stereocenters. The second-order valence-corrected chi connectivity index (χ2v) is 5.43. The molecule has 0 aliphatic rings. The summed E-state index contributed by atoms with van der Waals surface area (Å²) in [4.78, 5) is 27.4. The molecule has 1 aromatic heterocycles. The number of carbonyl (C=O) groups excluding carboxylic acids is 2. The zero-order valence-electron chi connectivity index (χ0n) is 11.0. The smallest absolute Gasteiger partial charge is 0.314 e. The molecule has 0 aliphatic carbocycles. The molecule has 2 rings (SSSR count). The molecular weight excluding hydrogens is 358 g/mol. The fourth-order valence-electron chi connectivity index (χ4n) is 1.57. The van der Waals surface area contributed by atoms with Crippen molar-refractivity contribution in [3.63, 3.8) is 0 Å². The maximum absolute atomic E-state index is 11.8. The highest BCUT2D eigenvalue weighted by molar-refractivity contribution is 9.10. The fraction of sp³-hybridized carbons (Fsp3) is 0.0714. The van der Waals surface area contributed by atoms with Crippen molar-refractivity contribution < 1.29 is 9.59 Å². The zero-order valence-corrected chi connectivity index (χ0v) is 13.3. The van der Waals surface area contributed by atoms with E-state index in [0.29, 0.717) is 5.69 Å². The number of rotatable bonds is 2. The number of amides is 2. The maximum atomic E-state index is 11.8. The number of hydrogen-bond acceptors (Lipinski definition) is 3. The lowest BCUT2D eigenvalue weighted by molar-refractivity contribution is -0.133. The van der Waals surface area contributed by atoms with Crippen LogP contribution in [0, 0.1) is 6.92 Å². The van der Waals surface area contributed by atoms with Crippen LogP contribution in [-0.2, 0) is 9.59 Å². The van der Waals surface area contributed by atoms with Gasteiger partial charge in [0.2, 0.25) is 0 Å². The van der Waals surface area contributed by atoms with E-state index in [1.807, 2.05) is 6.92 Å². The lowest BCUT2D eigenvalue weighted by atomic mass is 10.2. The molecule has 21 heavy (non-hydrogen) atoms. The highest BCUT2D eigenvalue weighted by Gasteiger charge is 2.15. The topological polar surface area (TPSA) is 71.1 Å². The third-order valence-electron chi connectivity index (χ3n) is 2.63. The summed E-state index contributed by atoms with van der Waals surface area (Å²) in [7, 11) is 0. The Hall–Kier alpha value is -1.92. The van der Waals surface area contributed by atoms with Crippen molar-refractivity contribution >= 4 is 50.7 Å². The number of aromatic nitrogens is 1. The van der Waals surface area contributed by atoms with Crippen LogP contribution in [0.3, 0.4) is 0 Å². The number of nitrogens with one attached hydrogen (secondary N) is 2. The van der Waals surface area contributed by atoms with Crippen molar-refractivity contribution in [1.29, 1.82) is 0 Å². The lowest BCUT2D eigenvalue weighted by Crippen LogP contribution is -2.29. The Labute approximate surface area is 134 Å². The second kappa shape index (κ2) is 6.69. The van der Waals surface area contributed by atoms with Gasteiger partial charge >= 0.3 is 11.8 Å². The van der Waals surface area contributed by atoms with Crippen molar-refractivity contribution in [1.82, 2.24) is 4.98 Å². The predicted octanol–water partition coefficient (Wildman–Crippen LogP) is 3.38. The Balaban J connectivity index is 2.04. The zero-order chi connectivity index (χ0) is 15.4. The molecular formula is C14H11BrClN3O2. The van der Waals surface area contributed by atoms with Crippen LogP contribution in [0.4, 0.5) is 11.4 Å². The summed E-state index contributed by atoms with van der Waals surface area (Å²) < 4.78 is 0.923. The molecule has 2 amide bonds. The van der Waals surface area contributed by atoms with Crippen LogP contribution in [0.25, 0.3) is 0 Å². The fourth-order valence-corrected chi connectivity index (χ4v) is 1.98. The van der Waals surface area contributed by atoms with E-state index in [2.05, 4.69) is 31.5 Å². The number of aryl methyl sites for hydroxylation is 1. The molecule has 5 nitrogen and oxygen atoms in total. The summed E-state index contributed by atoms with van der Waals surface area (Å²) in [5.41, 5.74) is 1.77. The van der Waals surface area contributed by atoms with Crippen molar-refractivity contribution in [3.05, 3.63) is 51.7 Å². The van der Waals surface area contributed by atoms with Crippen molar-refractivity contribution in [2.45, 2.75) is 6.92 Å². The van der Waals surface area contributed by atoms with E-state index in [9.17, 15) is 9.59 Å². The number of carbonyl (C=O) groups is 2. The average molecular weight is 369 g/mol. The van der Waals surface area contributed by atoms with Crippen molar-refractivity contribution in [2.24, 2.45) is 0 Å². The summed E-state index contributed by atoms with van der Waals surface area (Å²) >= 11 is 9.17. The van der Waals surface area contributed by atoms with Crippen LogP contribution in [0.1, 0.15) is 5.56 Å². The van der Waals surface area contributed by atoms with E-state index in [1.165, 1.54) is 6.20 Å². The van der Waals surface area contributed by atoms with Gasteiger partial charge in [0.05, 0.1) is 5.69 Å². The van der Waals surface area contributed by atoms with Gasteiger partial charge in [-0.2, -0.15) is 0 Å². The number of halogens is 2. The number of nitrogens with zero attached hydrogens (tertiary/aromatic N) is 1. The van der Waals surface area contributed by atoms with Gasteiger partial charge < -0.3 is 10.6 Å². The van der Waals surface area contributed by atoms with Gasteiger partial charge in [-0.3, -0.25) is 9.59 Å². The second-order valence-electron chi connectivity index (χ2n) is 4.21. The Kier molecular flexibility index (Phi) is 4.93. The van der Waals surface area contributed by atoms with Crippen LogP contribution in [0.2, 0.25) is 5.15 Å². The molecule has 0 atom stereocenters. The Morgan fingerprint density at radius 3 is 2.57 bits per heavy atom. The van der Waals surface area contributed by atoms with Crippen molar-refractivity contribution in [3.8, 4) is 0 Å². The highest BCUT2D eigenvalue weighted by Crippen LogP contribution is 2.20. The molecule has 0 aliphatic heterocycles. The van der Waals surface area contributed by atoms with Gasteiger partial charge in [-0.05, 0) is 42.8 Å². The summed E-state index contributed by atoms with van der Waals surface area (Å²) in [6, 6.07) is 8.41. The third kappa shape index (κ3) is 4.03. The maximum Gasteiger partial charge on any atom is 0.314 e. The van der Waals surface area contributed by atoms with Crippen LogP contribution >= 0.6 is 27.5 Å². The van der Waals surface area contributed by atoms with Gasteiger partial charge in [-0.25, -0.2) is 4.98 Å². The van der Waals surface area contributed by atoms with Crippen LogP contribution in [0.15, 0.2) is 41.0 Å². The van der Waals surface area contributed by atoms with Crippen LogP contribution in [0.5, 0.6) is 0 Å². The van der Waals surface area contributed by atoms with Gasteiger partial charge in [0.1, 0.15) is 0 Å². The Bertz CT molecular complexity index is 706. The van der Waals surface area contributed by atoms with Gasteiger partial charge in [-0.1, -0.05) is 27.5 Å². The number of hydrogen-bond donors (Lipinski definition) is 2. The number of benzene rings is 1. The summed E-state index contributed by atoms with van der Waals surface area (Å²) in [6.45, 7) is 1.88. The van der Waals surface area contributed by atoms with E-state index in [4.69, 9.17) is 11.6 Å². The standard InChI is InChI=1S/C14H11BrClN3O2/c1-8-7-9(4-5-10(8)15)18-13(20)14(21)19-11-3-2-6-17-12(11)16/h2-7H,1H3,(H,18,20)(H,19,21). The summed E-state index contributed by atoms with van der Waals surface area (Å²) in [5.74, 6) is -1.60. The molecule has 7 heteroatoms. The third-order valence-corrected chi connectivity index (χ3v) is 3.82. The molecule has 0 spiro atoms. The largest absolute Gasteiger partial charge is 0.318 e. The number of pyridine rings is 1. The molecule has 2 N–H and O–H groups in total. The van der Waals surface area contributed by atoms with Gasteiger partial charge in [0, 0.05) is 16.4 Å². The van der Waals surface area contributed by atoms with Gasteiger partial charge in [-0.15, -0.1) is 0 Å². The highest BCUT2D eigenvalue weighted by atomic mass is 79.9. The van der Waals surface area contributed by atoms with E-state index in [0.717, 1.165) is 10.0 Å². The number of anilines is 2. The summed E-state index contributed by atoms with van der Waals surface area (Å²) in [5, 5.41) is 5.04. The molecule has 1 aromatic carbocycles. The van der Waals surface area contributed by atoms with E-state index in [-0.39, 0.29) is 10.8 Å². The molecule has 2 aromatic rings. The lowest BCUT2D eigenvalue weighted by Gasteiger charge is -2.08. The normalized spacial score (nSPS) is 10.0. The first kappa shape index (κ1) is 15.5. The molecule has 108 valence electrons. The van der Waals surface area contributed by atoms with E-state index < -0.39 is 11.8 Å². The molecule has 0 fully saturated rings. The molecule has 0 saturated carbocycles. The molecule has 0 radical (unpaired) electrons. The minimum Gasteiger partial charge on any atom is -0.318 e. The SMILES string of the molecule is Cc1cc(NC(=O)C(=O)Nc2cccnc2Cl)ccc1Br. The Morgan fingerprint density at radius 1 is 1.19 bits per heavy atom. The van der Waals surface area contributed by atoms with Crippen molar-refractivity contribution in [2.75, 3.05) is 10.6 Å². The predicted molar refractivity (Wildman–Crippen MR) is 85.4 cm³/mol. The first-order chi connectivity index (χ1) is 9.97. The molecule has 0 saturated heterocycles. The van der Waals surface area contributed by atoms with E-state index >= 15 is 0 Å². The minimum absolute atomic E-state index is 0.123.